The SMILES string of the molecule is CCCC1(C(=O)OC(C)c2ccccc2)CCNCC1. The lowest BCUT2D eigenvalue weighted by Gasteiger charge is -2.36. The van der Waals surface area contributed by atoms with Gasteiger partial charge in [0.15, 0.2) is 0 Å². The number of ether oxygens (including phenoxy) is 1. The van der Waals surface area contributed by atoms with Gasteiger partial charge in [-0.3, -0.25) is 4.79 Å². The molecule has 1 N–H and O–H groups in total. The number of hydrogen-bond acceptors (Lipinski definition) is 3. The first-order chi connectivity index (χ1) is 9.68. The van der Waals surface area contributed by atoms with E-state index in [9.17, 15) is 4.79 Å². The molecule has 20 heavy (non-hydrogen) atoms. The molecule has 1 atom stereocenters. The van der Waals surface area contributed by atoms with E-state index in [0.717, 1.165) is 44.3 Å². The van der Waals surface area contributed by atoms with Crippen molar-refractivity contribution in [1.29, 1.82) is 0 Å². The average Bonchev–Trinajstić information content (AvgIpc) is 2.49. The molecule has 1 unspecified atom stereocenters. The van der Waals surface area contributed by atoms with Crippen molar-refractivity contribution in [3.8, 4) is 0 Å². The number of rotatable bonds is 5. The zero-order valence-electron chi connectivity index (χ0n) is 12.5. The monoisotopic (exact) mass is 275 g/mol. The molecular formula is C17H25NO2. The van der Waals surface area contributed by atoms with E-state index in [1.165, 1.54) is 0 Å². The molecule has 1 aromatic rings. The lowest BCUT2D eigenvalue weighted by Crippen LogP contribution is -2.43. The minimum Gasteiger partial charge on any atom is -0.457 e. The third kappa shape index (κ3) is 3.40. The second-order valence-electron chi connectivity index (χ2n) is 5.74. The highest BCUT2D eigenvalue weighted by Gasteiger charge is 2.40. The molecule has 0 amide bonds. The molecule has 3 nitrogen and oxygen atoms in total. The minimum absolute atomic E-state index is 0.0165. The van der Waals surface area contributed by atoms with E-state index < -0.39 is 0 Å². The van der Waals surface area contributed by atoms with Gasteiger partial charge in [-0.1, -0.05) is 43.7 Å². The van der Waals surface area contributed by atoms with Crippen LogP contribution in [0, 0.1) is 5.41 Å². The van der Waals surface area contributed by atoms with Gasteiger partial charge in [0.1, 0.15) is 6.10 Å². The summed E-state index contributed by atoms with van der Waals surface area (Å²) in [6.07, 6.45) is 3.55. The summed E-state index contributed by atoms with van der Waals surface area (Å²) in [5, 5.41) is 3.33. The Morgan fingerprint density at radius 2 is 1.95 bits per heavy atom. The Balaban J connectivity index is 2.05. The molecule has 0 aromatic heterocycles. The molecule has 110 valence electrons. The topological polar surface area (TPSA) is 38.3 Å². The van der Waals surface area contributed by atoms with Gasteiger partial charge >= 0.3 is 5.97 Å². The number of nitrogens with one attached hydrogen (secondary N) is 1. The van der Waals surface area contributed by atoms with Crippen LogP contribution >= 0.6 is 0 Å². The normalized spacial score (nSPS) is 19.3. The number of carbonyl (C=O) groups is 1. The number of hydrogen-bond donors (Lipinski definition) is 1. The second-order valence-corrected chi connectivity index (χ2v) is 5.74. The molecule has 1 heterocycles. The van der Waals surface area contributed by atoms with Gasteiger partial charge in [0, 0.05) is 0 Å². The largest absolute Gasteiger partial charge is 0.457 e. The summed E-state index contributed by atoms with van der Waals surface area (Å²) in [7, 11) is 0. The second kappa shape index (κ2) is 6.89. The number of benzene rings is 1. The number of piperidine rings is 1. The molecule has 1 fully saturated rings. The Hall–Kier alpha value is -1.35. The first kappa shape index (κ1) is 15.0. The summed E-state index contributed by atoms with van der Waals surface area (Å²) in [4.78, 5) is 12.6. The molecule has 0 bridgehead atoms. The molecule has 1 aliphatic rings. The average molecular weight is 275 g/mol. The molecule has 1 saturated heterocycles. The van der Waals surface area contributed by atoms with E-state index in [1.54, 1.807) is 0 Å². The van der Waals surface area contributed by atoms with Gasteiger partial charge in [-0.15, -0.1) is 0 Å². The van der Waals surface area contributed by atoms with Crippen molar-refractivity contribution in [2.75, 3.05) is 13.1 Å². The fourth-order valence-corrected chi connectivity index (χ4v) is 3.02. The highest BCUT2D eigenvalue weighted by atomic mass is 16.5. The fourth-order valence-electron chi connectivity index (χ4n) is 3.02. The van der Waals surface area contributed by atoms with Gasteiger partial charge in [-0.05, 0) is 44.8 Å². The first-order valence-electron chi connectivity index (χ1n) is 7.65. The van der Waals surface area contributed by atoms with Crippen LogP contribution in [-0.4, -0.2) is 19.1 Å². The van der Waals surface area contributed by atoms with Crippen LogP contribution in [0.1, 0.15) is 51.2 Å². The predicted molar refractivity (Wildman–Crippen MR) is 80.4 cm³/mol. The molecule has 0 aliphatic carbocycles. The van der Waals surface area contributed by atoms with E-state index >= 15 is 0 Å². The Kier molecular flexibility index (Phi) is 5.18. The minimum atomic E-state index is -0.275. The summed E-state index contributed by atoms with van der Waals surface area (Å²) in [6, 6.07) is 9.95. The summed E-state index contributed by atoms with van der Waals surface area (Å²) >= 11 is 0. The Labute approximate surface area is 121 Å². The molecule has 0 spiro atoms. The van der Waals surface area contributed by atoms with Gasteiger partial charge in [0.25, 0.3) is 0 Å². The summed E-state index contributed by atoms with van der Waals surface area (Å²) in [5.74, 6) is -0.0165. The number of carbonyl (C=O) groups excluding carboxylic acids is 1. The third-order valence-electron chi connectivity index (χ3n) is 4.28. The smallest absolute Gasteiger partial charge is 0.312 e. The standard InChI is InChI=1S/C17H25NO2/c1-3-9-17(10-12-18-13-11-17)16(19)20-14(2)15-7-5-4-6-8-15/h4-8,14,18H,3,9-13H2,1-2H3. The van der Waals surface area contributed by atoms with Crippen LogP contribution in [0.3, 0.4) is 0 Å². The van der Waals surface area contributed by atoms with Gasteiger partial charge in [-0.2, -0.15) is 0 Å². The maximum Gasteiger partial charge on any atom is 0.312 e. The third-order valence-corrected chi connectivity index (χ3v) is 4.28. The predicted octanol–water partition coefficient (Wildman–Crippen LogP) is 3.46. The van der Waals surface area contributed by atoms with Crippen molar-refractivity contribution in [2.24, 2.45) is 5.41 Å². The van der Waals surface area contributed by atoms with E-state index in [2.05, 4.69) is 12.2 Å². The molecule has 1 aliphatic heterocycles. The summed E-state index contributed by atoms with van der Waals surface area (Å²) in [6.45, 7) is 5.91. The van der Waals surface area contributed by atoms with Crippen molar-refractivity contribution in [2.45, 2.75) is 45.6 Å². The zero-order valence-corrected chi connectivity index (χ0v) is 12.5. The van der Waals surface area contributed by atoms with Gasteiger partial charge in [0.05, 0.1) is 5.41 Å². The highest BCUT2D eigenvalue weighted by molar-refractivity contribution is 5.77. The molecule has 2 rings (SSSR count). The van der Waals surface area contributed by atoms with Crippen LogP contribution in [0.4, 0.5) is 0 Å². The van der Waals surface area contributed by atoms with Gasteiger partial charge in [-0.25, -0.2) is 0 Å². The highest BCUT2D eigenvalue weighted by Crippen LogP contribution is 2.37. The van der Waals surface area contributed by atoms with Crippen molar-refractivity contribution in [3.63, 3.8) is 0 Å². The van der Waals surface area contributed by atoms with Crippen LogP contribution < -0.4 is 5.32 Å². The quantitative estimate of drug-likeness (QED) is 0.836. The Morgan fingerprint density at radius 3 is 2.55 bits per heavy atom. The van der Waals surface area contributed by atoms with E-state index in [1.807, 2.05) is 37.3 Å². The van der Waals surface area contributed by atoms with Crippen LogP contribution in [0.2, 0.25) is 0 Å². The van der Waals surface area contributed by atoms with Gasteiger partial charge < -0.3 is 10.1 Å². The van der Waals surface area contributed by atoms with Gasteiger partial charge in [0.2, 0.25) is 0 Å². The van der Waals surface area contributed by atoms with Crippen LogP contribution in [0.15, 0.2) is 30.3 Å². The maximum absolute atomic E-state index is 12.6. The van der Waals surface area contributed by atoms with Crippen molar-refractivity contribution >= 4 is 5.97 Å². The Bertz CT molecular complexity index is 418. The van der Waals surface area contributed by atoms with Crippen molar-refractivity contribution in [3.05, 3.63) is 35.9 Å². The Morgan fingerprint density at radius 1 is 1.30 bits per heavy atom. The fraction of sp³-hybridized carbons (Fsp3) is 0.588. The van der Waals surface area contributed by atoms with E-state index in [0.29, 0.717) is 0 Å². The molecule has 3 heteroatoms. The molecule has 0 radical (unpaired) electrons. The first-order valence-corrected chi connectivity index (χ1v) is 7.65. The lowest BCUT2D eigenvalue weighted by molar-refractivity contribution is -0.163. The van der Waals surface area contributed by atoms with Crippen LogP contribution in [0.25, 0.3) is 0 Å². The molecule has 1 aromatic carbocycles. The van der Waals surface area contributed by atoms with Crippen molar-refractivity contribution < 1.29 is 9.53 Å². The van der Waals surface area contributed by atoms with Crippen LogP contribution in [-0.2, 0) is 9.53 Å². The van der Waals surface area contributed by atoms with E-state index in [-0.39, 0.29) is 17.5 Å². The zero-order chi connectivity index (χ0) is 14.4. The van der Waals surface area contributed by atoms with Crippen molar-refractivity contribution in [1.82, 2.24) is 5.32 Å². The maximum atomic E-state index is 12.6. The lowest BCUT2D eigenvalue weighted by atomic mass is 9.75. The number of esters is 1. The molecule has 0 saturated carbocycles. The van der Waals surface area contributed by atoms with E-state index in [4.69, 9.17) is 4.74 Å². The summed E-state index contributed by atoms with van der Waals surface area (Å²) < 4.78 is 5.77. The summed E-state index contributed by atoms with van der Waals surface area (Å²) in [5.41, 5.74) is 0.782. The van der Waals surface area contributed by atoms with Crippen LogP contribution in [0.5, 0.6) is 0 Å². The molecular weight excluding hydrogens is 250 g/mol.